The molecule has 0 amide bonds. The first-order valence-electron chi connectivity index (χ1n) is 4.54. The highest BCUT2D eigenvalue weighted by Crippen LogP contribution is 2.31. The molecule has 1 aromatic carbocycles. The Kier molecular flexibility index (Phi) is 3.00. The zero-order chi connectivity index (χ0) is 11.5. The van der Waals surface area contributed by atoms with E-state index in [0.29, 0.717) is 17.1 Å². The minimum Gasteiger partial charge on any atom is -0.508 e. The van der Waals surface area contributed by atoms with Gasteiger partial charge in [-0.25, -0.2) is 0 Å². The molecule has 0 bridgehead atoms. The average Bonchev–Trinajstić information content (AvgIpc) is 2.71. The Morgan fingerprint density at radius 3 is 2.94 bits per heavy atom. The zero-order valence-corrected chi connectivity index (χ0v) is 9.36. The summed E-state index contributed by atoms with van der Waals surface area (Å²) in [5.41, 5.74) is 0.333. The highest BCUT2D eigenvalue weighted by Gasteiger charge is 2.13. The van der Waals surface area contributed by atoms with Crippen LogP contribution in [0.1, 0.15) is 5.82 Å². The average molecular weight is 238 g/mol. The molecule has 16 heavy (non-hydrogen) atoms. The van der Waals surface area contributed by atoms with Gasteiger partial charge in [0.1, 0.15) is 11.5 Å². The van der Waals surface area contributed by atoms with Crippen molar-refractivity contribution in [2.45, 2.75) is 5.75 Å². The fourth-order valence-electron chi connectivity index (χ4n) is 1.25. The molecule has 0 saturated heterocycles. The van der Waals surface area contributed by atoms with Crippen molar-refractivity contribution in [1.82, 2.24) is 10.1 Å². The maximum Gasteiger partial charge on any atom is 0.261 e. The number of phenols is 2. The van der Waals surface area contributed by atoms with E-state index in [1.165, 1.54) is 18.2 Å². The van der Waals surface area contributed by atoms with E-state index in [4.69, 9.17) is 4.52 Å². The lowest BCUT2D eigenvalue weighted by Gasteiger charge is -1.99. The van der Waals surface area contributed by atoms with Crippen molar-refractivity contribution in [2.24, 2.45) is 0 Å². The monoisotopic (exact) mass is 238 g/mol. The summed E-state index contributed by atoms with van der Waals surface area (Å²) in [5.74, 6) is 1.44. The van der Waals surface area contributed by atoms with Gasteiger partial charge in [-0.3, -0.25) is 0 Å². The van der Waals surface area contributed by atoms with Crippen molar-refractivity contribution >= 4 is 11.8 Å². The van der Waals surface area contributed by atoms with E-state index >= 15 is 0 Å². The number of phenolic OH excluding ortho intramolecular Hbond substituents is 2. The predicted molar refractivity (Wildman–Crippen MR) is 60.3 cm³/mol. The Hall–Kier alpha value is -1.69. The molecule has 2 rings (SSSR count). The van der Waals surface area contributed by atoms with Crippen LogP contribution in [-0.2, 0) is 5.75 Å². The van der Waals surface area contributed by atoms with Crippen molar-refractivity contribution in [3.63, 3.8) is 0 Å². The molecule has 0 saturated carbocycles. The van der Waals surface area contributed by atoms with Crippen LogP contribution >= 0.6 is 11.8 Å². The van der Waals surface area contributed by atoms with Gasteiger partial charge in [0.15, 0.2) is 5.82 Å². The Bertz CT molecular complexity index is 499. The van der Waals surface area contributed by atoms with Crippen LogP contribution in [0.5, 0.6) is 11.5 Å². The molecular formula is C10H10N2O3S. The third-order valence-electron chi connectivity index (χ3n) is 1.95. The second-order valence-corrected chi connectivity index (χ2v) is 4.02. The molecule has 0 spiro atoms. The maximum absolute atomic E-state index is 9.58. The predicted octanol–water partition coefficient (Wildman–Crippen LogP) is 2.01. The smallest absolute Gasteiger partial charge is 0.261 e. The number of hydrogen-bond donors (Lipinski definition) is 2. The molecule has 0 fully saturated rings. The van der Waals surface area contributed by atoms with Gasteiger partial charge >= 0.3 is 0 Å². The Morgan fingerprint density at radius 1 is 1.38 bits per heavy atom. The number of benzene rings is 1. The van der Waals surface area contributed by atoms with Crippen LogP contribution in [0, 0.1) is 0 Å². The molecule has 2 aromatic rings. The fourth-order valence-corrected chi connectivity index (χ4v) is 1.62. The summed E-state index contributed by atoms with van der Waals surface area (Å²) in [6, 6.07) is 4.15. The van der Waals surface area contributed by atoms with Gasteiger partial charge in [-0.2, -0.15) is 16.7 Å². The van der Waals surface area contributed by atoms with Crippen LogP contribution in [0.2, 0.25) is 0 Å². The van der Waals surface area contributed by atoms with E-state index in [-0.39, 0.29) is 17.4 Å². The van der Waals surface area contributed by atoms with Gasteiger partial charge in [0, 0.05) is 0 Å². The highest BCUT2D eigenvalue weighted by molar-refractivity contribution is 7.97. The largest absolute Gasteiger partial charge is 0.508 e. The van der Waals surface area contributed by atoms with Crippen LogP contribution in [0.3, 0.4) is 0 Å². The molecule has 0 atom stereocenters. The second kappa shape index (κ2) is 4.44. The van der Waals surface area contributed by atoms with Crippen molar-refractivity contribution in [3.8, 4) is 23.0 Å². The van der Waals surface area contributed by atoms with Gasteiger partial charge in [0.05, 0.1) is 11.3 Å². The maximum atomic E-state index is 9.58. The summed E-state index contributed by atoms with van der Waals surface area (Å²) < 4.78 is 4.99. The van der Waals surface area contributed by atoms with E-state index < -0.39 is 0 Å². The summed E-state index contributed by atoms with van der Waals surface area (Å²) in [6.07, 6.45) is 1.93. The van der Waals surface area contributed by atoms with E-state index in [9.17, 15) is 10.2 Å². The molecule has 1 aromatic heterocycles. The Labute approximate surface area is 96.1 Å². The summed E-state index contributed by atoms with van der Waals surface area (Å²) >= 11 is 1.57. The van der Waals surface area contributed by atoms with Crippen molar-refractivity contribution < 1.29 is 14.7 Å². The molecule has 0 unspecified atom stereocenters. The Morgan fingerprint density at radius 2 is 2.19 bits per heavy atom. The molecular weight excluding hydrogens is 228 g/mol. The van der Waals surface area contributed by atoms with Crippen molar-refractivity contribution in [2.75, 3.05) is 6.26 Å². The van der Waals surface area contributed by atoms with Gasteiger partial charge < -0.3 is 14.7 Å². The molecule has 84 valence electrons. The van der Waals surface area contributed by atoms with Crippen LogP contribution in [0.4, 0.5) is 0 Å². The summed E-state index contributed by atoms with van der Waals surface area (Å²) in [7, 11) is 0. The topological polar surface area (TPSA) is 79.4 Å². The lowest BCUT2D eigenvalue weighted by atomic mass is 10.2. The van der Waals surface area contributed by atoms with Gasteiger partial charge in [-0.1, -0.05) is 5.16 Å². The molecule has 5 nitrogen and oxygen atoms in total. The van der Waals surface area contributed by atoms with Gasteiger partial charge in [-0.15, -0.1) is 0 Å². The number of aromatic hydroxyl groups is 2. The second-order valence-electron chi connectivity index (χ2n) is 3.15. The lowest BCUT2D eigenvalue weighted by Crippen LogP contribution is -1.83. The summed E-state index contributed by atoms with van der Waals surface area (Å²) in [5, 5.41) is 22.6. The van der Waals surface area contributed by atoms with Crippen LogP contribution < -0.4 is 0 Å². The first kappa shape index (κ1) is 10.8. The minimum atomic E-state index is -0.00264. The minimum absolute atomic E-state index is 0.00264. The molecule has 0 aliphatic rings. The number of aromatic nitrogens is 2. The van der Waals surface area contributed by atoms with E-state index in [1.807, 2.05) is 6.26 Å². The fraction of sp³-hybridized carbons (Fsp3) is 0.200. The standard InChI is InChI=1S/C10H10N2O3S/c1-16-5-9-11-10(15-12-9)7-4-6(13)2-3-8(7)14/h2-4,13-14H,5H2,1H3. The normalized spacial score (nSPS) is 10.6. The quantitative estimate of drug-likeness (QED) is 0.796. The van der Waals surface area contributed by atoms with Gasteiger partial charge in [0.2, 0.25) is 0 Å². The summed E-state index contributed by atoms with van der Waals surface area (Å²) in [4.78, 5) is 4.10. The highest BCUT2D eigenvalue weighted by atomic mass is 32.2. The Balaban J connectivity index is 2.38. The van der Waals surface area contributed by atoms with Gasteiger partial charge in [-0.05, 0) is 24.5 Å². The molecule has 1 heterocycles. The third-order valence-corrected chi connectivity index (χ3v) is 2.50. The molecule has 0 aliphatic heterocycles. The molecule has 6 heteroatoms. The summed E-state index contributed by atoms with van der Waals surface area (Å²) in [6.45, 7) is 0. The van der Waals surface area contributed by atoms with Crippen molar-refractivity contribution in [3.05, 3.63) is 24.0 Å². The van der Waals surface area contributed by atoms with E-state index in [0.717, 1.165) is 0 Å². The van der Waals surface area contributed by atoms with Gasteiger partial charge in [0.25, 0.3) is 5.89 Å². The first-order valence-corrected chi connectivity index (χ1v) is 5.94. The number of hydrogen-bond acceptors (Lipinski definition) is 6. The van der Waals surface area contributed by atoms with Crippen LogP contribution in [0.25, 0.3) is 11.5 Å². The van der Waals surface area contributed by atoms with E-state index in [1.54, 1.807) is 11.8 Å². The third kappa shape index (κ3) is 2.11. The van der Waals surface area contributed by atoms with Crippen molar-refractivity contribution in [1.29, 1.82) is 0 Å². The molecule has 0 radical (unpaired) electrons. The SMILES string of the molecule is CSCc1noc(-c2cc(O)ccc2O)n1. The molecule has 0 aliphatic carbocycles. The van der Waals surface area contributed by atoms with Crippen LogP contribution in [-0.4, -0.2) is 26.6 Å². The first-order chi connectivity index (χ1) is 7.70. The molecule has 2 N–H and O–H groups in total. The lowest BCUT2D eigenvalue weighted by molar-refractivity contribution is 0.418. The van der Waals surface area contributed by atoms with E-state index in [2.05, 4.69) is 10.1 Å². The zero-order valence-electron chi connectivity index (χ0n) is 8.54. The number of nitrogens with zero attached hydrogens (tertiary/aromatic N) is 2. The number of thioether (sulfide) groups is 1. The number of rotatable bonds is 3. The van der Waals surface area contributed by atoms with Crippen LogP contribution in [0.15, 0.2) is 22.7 Å².